The van der Waals surface area contributed by atoms with E-state index in [0.717, 1.165) is 0 Å². The molecule has 0 spiro atoms. The van der Waals surface area contributed by atoms with E-state index in [4.69, 9.17) is 4.79 Å². The minimum atomic E-state index is 0. The third-order valence-corrected chi connectivity index (χ3v) is 0.667. The Morgan fingerprint density at radius 3 is 0.889 bits per heavy atom. The smallest absolute Gasteiger partial charge is 0 e. The summed E-state index contributed by atoms with van der Waals surface area (Å²) in [6.07, 6.45) is 0. The molecule has 0 heterocycles. The standard InChI is InChI=1S/C6H6.CHO.Pt/c1-2-4-6-5-3-1;1-2;/h1-6H;1H;/q;-1;. The van der Waals surface area contributed by atoms with Crippen LogP contribution in [0.1, 0.15) is 0 Å². The first-order valence-electron chi connectivity index (χ1n) is 2.24. The van der Waals surface area contributed by atoms with Gasteiger partial charge in [0.15, 0.2) is 0 Å². The molecule has 0 amide bonds. The Hall–Kier alpha value is -0.422. The Morgan fingerprint density at radius 2 is 0.778 bits per heavy atom. The molecule has 0 N–H and O–H groups in total. The van der Waals surface area contributed by atoms with Gasteiger partial charge in [0.05, 0.1) is 0 Å². The van der Waals surface area contributed by atoms with Crippen molar-refractivity contribution in [3.63, 3.8) is 0 Å². The third kappa shape index (κ3) is 7.58. The molecule has 0 unspecified atom stereocenters. The number of rotatable bonds is 0. The molecular formula is C7H7OPt-. The molecule has 1 aromatic rings. The molecule has 0 saturated heterocycles. The average Bonchev–Trinajstić information content (AvgIpc) is 1.96. The largest absolute Gasteiger partial charge is 0.545 e. The molecule has 1 nitrogen and oxygen atoms in total. The van der Waals surface area contributed by atoms with Gasteiger partial charge in [-0.15, -0.1) is 0 Å². The summed E-state index contributed by atoms with van der Waals surface area (Å²) in [4.78, 5) is 7.75. The molecule has 0 radical (unpaired) electrons. The molecule has 0 bridgehead atoms. The molecule has 0 aliphatic heterocycles. The monoisotopic (exact) mass is 302 g/mol. The van der Waals surface area contributed by atoms with Crippen LogP contribution >= 0.6 is 0 Å². The molecule has 0 aromatic heterocycles. The quantitative estimate of drug-likeness (QED) is 0.523. The molecule has 0 atom stereocenters. The maximum atomic E-state index is 7.75. The van der Waals surface area contributed by atoms with Crippen molar-refractivity contribution < 1.29 is 25.9 Å². The van der Waals surface area contributed by atoms with Gasteiger partial charge in [-0.2, -0.15) is 0 Å². The molecule has 0 aliphatic carbocycles. The maximum absolute atomic E-state index is 7.75. The maximum Gasteiger partial charge on any atom is 0 e. The molecule has 1 rings (SSSR count). The number of hydrogen-bond donors (Lipinski definition) is 0. The van der Waals surface area contributed by atoms with Crippen LogP contribution in [0, 0.1) is 0 Å². The molecule has 9 heavy (non-hydrogen) atoms. The second-order valence-electron chi connectivity index (χ2n) is 1.15. The van der Waals surface area contributed by atoms with Crippen molar-refractivity contribution in [1.82, 2.24) is 0 Å². The SMILES string of the molecule is [CH-]=O.[Pt].c1ccccc1. The van der Waals surface area contributed by atoms with Crippen LogP contribution in [-0.4, -0.2) is 6.79 Å². The summed E-state index contributed by atoms with van der Waals surface area (Å²) in [5.74, 6) is 0. The zero-order chi connectivity index (χ0) is 6.24. The van der Waals surface area contributed by atoms with Gasteiger partial charge in [0, 0.05) is 21.1 Å². The van der Waals surface area contributed by atoms with Crippen molar-refractivity contribution in [2.45, 2.75) is 0 Å². The molecule has 2 heteroatoms. The first kappa shape index (κ1) is 11.4. The fourth-order valence-electron chi connectivity index (χ4n) is 0.385. The molecule has 0 saturated carbocycles. The van der Waals surface area contributed by atoms with Gasteiger partial charge in [-0.1, -0.05) is 36.4 Å². The van der Waals surface area contributed by atoms with Crippen LogP contribution in [-0.2, 0) is 25.9 Å². The van der Waals surface area contributed by atoms with Crippen LogP contribution in [0.5, 0.6) is 0 Å². The van der Waals surface area contributed by atoms with Crippen molar-refractivity contribution >= 4 is 6.79 Å². The third-order valence-electron chi connectivity index (χ3n) is 0.667. The van der Waals surface area contributed by atoms with Crippen molar-refractivity contribution in [2.75, 3.05) is 0 Å². The van der Waals surface area contributed by atoms with E-state index < -0.39 is 0 Å². The predicted octanol–water partition coefficient (Wildman–Crippen LogP) is 1.41. The van der Waals surface area contributed by atoms with E-state index >= 15 is 0 Å². The number of carbonyl (C=O) groups excluding carboxylic acids is 1. The van der Waals surface area contributed by atoms with Crippen LogP contribution in [0.3, 0.4) is 0 Å². The predicted molar refractivity (Wildman–Crippen MR) is 33.2 cm³/mol. The van der Waals surface area contributed by atoms with Crippen LogP contribution in [0.4, 0.5) is 0 Å². The van der Waals surface area contributed by atoms with Gasteiger partial charge in [0.2, 0.25) is 0 Å². The second-order valence-corrected chi connectivity index (χ2v) is 1.15. The van der Waals surface area contributed by atoms with Crippen molar-refractivity contribution in [1.29, 1.82) is 0 Å². The Balaban J connectivity index is 0. The molecule has 0 aliphatic rings. The minimum Gasteiger partial charge on any atom is -0.545 e. The summed E-state index contributed by atoms with van der Waals surface area (Å²) in [6, 6.07) is 12.0. The minimum absolute atomic E-state index is 0. The van der Waals surface area contributed by atoms with Crippen molar-refractivity contribution in [3.8, 4) is 0 Å². The summed E-state index contributed by atoms with van der Waals surface area (Å²) in [7, 11) is 0. The van der Waals surface area contributed by atoms with Crippen LogP contribution < -0.4 is 0 Å². The Labute approximate surface area is 69.4 Å². The zero-order valence-electron chi connectivity index (χ0n) is 4.77. The molecule has 0 fully saturated rings. The Bertz CT molecular complexity index is 91.8. The van der Waals surface area contributed by atoms with Gasteiger partial charge in [0.25, 0.3) is 0 Å². The van der Waals surface area contributed by atoms with E-state index in [9.17, 15) is 0 Å². The van der Waals surface area contributed by atoms with Crippen LogP contribution in [0.25, 0.3) is 0 Å². The Morgan fingerprint density at radius 1 is 0.667 bits per heavy atom. The van der Waals surface area contributed by atoms with E-state index in [1.807, 2.05) is 36.4 Å². The van der Waals surface area contributed by atoms with E-state index in [1.165, 1.54) is 0 Å². The van der Waals surface area contributed by atoms with Crippen molar-refractivity contribution in [3.05, 3.63) is 36.4 Å². The summed E-state index contributed by atoms with van der Waals surface area (Å²) >= 11 is 0. The van der Waals surface area contributed by atoms with Gasteiger partial charge in [0.1, 0.15) is 0 Å². The first-order valence-corrected chi connectivity index (χ1v) is 2.24. The van der Waals surface area contributed by atoms with Gasteiger partial charge in [-0.3, -0.25) is 6.79 Å². The molecular weight excluding hydrogens is 295 g/mol. The van der Waals surface area contributed by atoms with Crippen LogP contribution in [0.15, 0.2) is 36.4 Å². The molecule has 52 valence electrons. The normalized spacial score (nSPS) is 5.78. The zero-order valence-corrected chi connectivity index (χ0v) is 7.04. The van der Waals surface area contributed by atoms with Gasteiger partial charge >= 0.3 is 0 Å². The fraction of sp³-hybridized carbons (Fsp3) is 0. The first-order chi connectivity index (χ1) is 4.00. The molecule has 1 aromatic carbocycles. The fourth-order valence-corrected chi connectivity index (χ4v) is 0.385. The topological polar surface area (TPSA) is 17.1 Å². The van der Waals surface area contributed by atoms with E-state index in [0.29, 0.717) is 0 Å². The van der Waals surface area contributed by atoms with Gasteiger partial charge in [-0.25, -0.2) is 0 Å². The number of hydrogen-bond acceptors (Lipinski definition) is 1. The van der Waals surface area contributed by atoms with Crippen LogP contribution in [0.2, 0.25) is 0 Å². The van der Waals surface area contributed by atoms with E-state index in [2.05, 4.69) is 6.79 Å². The summed E-state index contributed by atoms with van der Waals surface area (Å²) in [6.45, 7) is 3.25. The summed E-state index contributed by atoms with van der Waals surface area (Å²) in [5, 5.41) is 0. The second kappa shape index (κ2) is 10.5. The Kier molecular flexibility index (Phi) is 13.3. The number of benzene rings is 1. The van der Waals surface area contributed by atoms with E-state index in [1.54, 1.807) is 0 Å². The van der Waals surface area contributed by atoms with E-state index in [-0.39, 0.29) is 21.1 Å². The summed E-state index contributed by atoms with van der Waals surface area (Å²) < 4.78 is 0. The average molecular weight is 302 g/mol. The van der Waals surface area contributed by atoms with Crippen molar-refractivity contribution in [2.24, 2.45) is 0 Å². The van der Waals surface area contributed by atoms with Gasteiger partial charge in [-0.05, 0) is 0 Å². The summed E-state index contributed by atoms with van der Waals surface area (Å²) in [5.41, 5.74) is 0. The van der Waals surface area contributed by atoms with Gasteiger partial charge < -0.3 is 4.79 Å².